The SMILES string of the molecule is CC(=O)O[C@@H]1[C@@H]2CC[C@]3(C)C(=CC[C@@H]4[C@@]5(C)CC[C@@H](OC(C)=O)C(C)(C)[C@@H]5CC[C@]43C)[C@@H]2C[C@](O)(CO)[C@@H]1O. The van der Waals surface area contributed by atoms with Gasteiger partial charge in [-0.2, -0.15) is 0 Å². The van der Waals surface area contributed by atoms with Crippen LogP contribution in [0.4, 0.5) is 0 Å². The van der Waals surface area contributed by atoms with Crippen molar-refractivity contribution in [2.75, 3.05) is 6.61 Å². The number of aliphatic hydroxyl groups excluding tert-OH is 2. The fraction of sp³-hybridized carbons (Fsp3) is 0.875. The van der Waals surface area contributed by atoms with Crippen LogP contribution >= 0.6 is 0 Å². The second-order valence-electron chi connectivity index (χ2n) is 15.0. The third-order valence-electron chi connectivity index (χ3n) is 13.1. The lowest BCUT2D eigenvalue weighted by Crippen LogP contribution is -2.67. The zero-order valence-corrected chi connectivity index (χ0v) is 25.0. The second kappa shape index (κ2) is 9.29. The normalized spacial score (nSPS) is 50.3. The predicted molar refractivity (Wildman–Crippen MR) is 146 cm³/mol. The maximum absolute atomic E-state index is 12.0. The third-order valence-corrected chi connectivity index (χ3v) is 13.1. The standard InChI is InChI=1S/C32H50O7/c1-18(34)38-25-12-13-29(5)23(28(25,3)4)11-15-31(7)24(29)9-8-22-21-16-32(37,17-33)27(36)26(39-19(2)35)20(21)10-14-30(22,31)6/h8,20-21,23-27,33,36-37H,9-17H2,1-7H3/t20-,21-,23+,24-,25-,26-,27-,29+,30-,31-,32+/m1/s1. The molecule has 220 valence electrons. The monoisotopic (exact) mass is 546 g/mol. The zero-order valence-electron chi connectivity index (χ0n) is 25.0. The number of ether oxygens (including phenoxy) is 2. The van der Waals surface area contributed by atoms with Crippen LogP contribution in [-0.4, -0.2) is 57.8 Å². The number of carbonyl (C=O) groups excluding carboxylic acids is 2. The van der Waals surface area contributed by atoms with Crippen molar-refractivity contribution in [3.63, 3.8) is 0 Å². The van der Waals surface area contributed by atoms with Crippen LogP contribution in [0.3, 0.4) is 0 Å². The Balaban J connectivity index is 1.52. The van der Waals surface area contributed by atoms with Crippen LogP contribution in [-0.2, 0) is 19.1 Å². The summed E-state index contributed by atoms with van der Waals surface area (Å²) in [4.78, 5) is 23.9. The molecule has 11 atom stereocenters. The van der Waals surface area contributed by atoms with Gasteiger partial charge in [-0.15, -0.1) is 0 Å². The van der Waals surface area contributed by atoms with Crippen LogP contribution in [0.5, 0.6) is 0 Å². The summed E-state index contributed by atoms with van der Waals surface area (Å²) >= 11 is 0. The van der Waals surface area contributed by atoms with Gasteiger partial charge >= 0.3 is 11.9 Å². The first-order valence-electron chi connectivity index (χ1n) is 15.1. The molecule has 3 N–H and O–H groups in total. The van der Waals surface area contributed by atoms with Crippen LogP contribution in [0.15, 0.2) is 11.6 Å². The largest absolute Gasteiger partial charge is 0.462 e. The molecule has 0 aromatic carbocycles. The molecule has 0 spiro atoms. The van der Waals surface area contributed by atoms with E-state index in [9.17, 15) is 24.9 Å². The molecule has 0 bridgehead atoms. The Bertz CT molecular complexity index is 1050. The molecule has 0 unspecified atom stereocenters. The van der Waals surface area contributed by atoms with Crippen molar-refractivity contribution in [2.24, 2.45) is 45.3 Å². The molecule has 39 heavy (non-hydrogen) atoms. The van der Waals surface area contributed by atoms with Crippen molar-refractivity contribution in [3.05, 3.63) is 11.6 Å². The number of hydrogen-bond acceptors (Lipinski definition) is 7. The quantitative estimate of drug-likeness (QED) is 0.351. The molecule has 4 saturated carbocycles. The minimum Gasteiger partial charge on any atom is -0.462 e. The molecule has 0 aliphatic heterocycles. The van der Waals surface area contributed by atoms with Crippen molar-refractivity contribution in [1.82, 2.24) is 0 Å². The molecule has 7 nitrogen and oxygen atoms in total. The minimum atomic E-state index is -1.71. The van der Waals surface area contributed by atoms with E-state index >= 15 is 0 Å². The molecular weight excluding hydrogens is 496 g/mol. The Hall–Kier alpha value is -1.44. The van der Waals surface area contributed by atoms with Crippen LogP contribution in [0.25, 0.3) is 0 Å². The van der Waals surface area contributed by atoms with Gasteiger partial charge in [0.2, 0.25) is 0 Å². The topological polar surface area (TPSA) is 113 Å². The molecule has 7 heteroatoms. The number of esters is 2. The van der Waals surface area contributed by atoms with Crippen molar-refractivity contribution >= 4 is 11.9 Å². The first-order chi connectivity index (χ1) is 18.0. The fourth-order valence-electron chi connectivity index (χ4n) is 11.0. The van der Waals surface area contributed by atoms with Crippen molar-refractivity contribution in [2.45, 2.75) is 124 Å². The van der Waals surface area contributed by atoms with E-state index in [1.807, 2.05) is 0 Å². The highest BCUT2D eigenvalue weighted by Crippen LogP contribution is 2.74. The minimum absolute atomic E-state index is 0.0436. The van der Waals surface area contributed by atoms with E-state index in [1.54, 1.807) is 0 Å². The van der Waals surface area contributed by atoms with E-state index in [2.05, 4.69) is 40.7 Å². The molecule has 0 amide bonds. The lowest BCUT2D eigenvalue weighted by molar-refractivity contribution is -0.229. The van der Waals surface area contributed by atoms with Gasteiger partial charge in [-0.3, -0.25) is 9.59 Å². The third kappa shape index (κ3) is 3.99. The first-order valence-corrected chi connectivity index (χ1v) is 15.1. The van der Waals surface area contributed by atoms with Gasteiger partial charge in [0.1, 0.15) is 23.9 Å². The summed E-state index contributed by atoms with van der Waals surface area (Å²) in [5.74, 6) is 0.111. The smallest absolute Gasteiger partial charge is 0.303 e. The summed E-state index contributed by atoms with van der Waals surface area (Å²) in [7, 11) is 0. The average Bonchev–Trinajstić information content (AvgIpc) is 2.84. The Kier molecular flexibility index (Phi) is 6.92. The molecule has 0 saturated heterocycles. The van der Waals surface area contributed by atoms with Crippen LogP contribution in [0, 0.1) is 45.3 Å². The lowest BCUT2D eigenvalue weighted by atomic mass is 9.34. The highest BCUT2D eigenvalue weighted by Gasteiger charge is 2.68. The van der Waals surface area contributed by atoms with Crippen molar-refractivity contribution in [1.29, 1.82) is 0 Å². The molecular formula is C32H50O7. The van der Waals surface area contributed by atoms with Crippen molar-refractivity contribution in [3.8, 4) is 0 Å². The Labute approximate surface area is 233 Å². The van der Waals surface area contributed by atoms with Crippen LogP contribution < -0.4 is 0 Å². The molecule has 0 aromatic rings. The molecule has 5 aliphatic rings. The van der Waals surface area contributed by atoms with E-state index in [1.165, 1.54) is 19.4 Å². The number of carbonyl (C=O) groups is 2. The van der Waals surface area contributed by atoms with Gasteiger partial charge in [0.25, 0.3) is 0 Å². The Morgan fingerprint density at radius 2 is 1.62 bits per heavy atom. The van der Waals surface area contributed by atoms with E-state index in [-0.39, 0.29) is 52.0 Å². The van der Waals surface area contributed by atoms with Gasteiger partial charge < -0.3 is 24.8 Å². The van der Waals surface area contributed by atoms with Gasteiger partial charge in [-0.1, -0.05) is 46.3 Å². The average molecular weight is 547 g/mol. The second-order valence-corrected chi connectivity index (χ2v) is 15.0. The Morgan fingerprint density at radius 3 is 2.23 bits per heavy atom. The number of allylic oxidation sites excluding steroid dienone is 2. The van der Waals surface area contributed by atoms with E-state index < -0.39 is 30.4 Å². The first kappa shape index (κ1) is 29.1. The predicted octanol–water partition coefficient (Wildman–Crippen LogP) is 4.56. The van der Waals surface area contributed by atoms with Crippen LogP contribution in [0.2, 0.25) is 0 Å². The maximum Gasteiger partial charge on any atom is 0.303 e. The molecule has 0 radical (unpaired) electrons. The zero-order chi connectivity index (χ0) is 28.8. The summed E-state index contributed by atoms with van der Waals surface area (Å²) in [6.07, 6.45) is 7.27. The summed E-state index contributed by atoms with van der Waals surface area (Å²) in [5.41, 5.74) is -0.422. The highest BCUT2D eigenvalue weighted by atomic mass is 16.6. The van der Waals surface area contributed by atoms with Gasteiger partial charge in [-0.25, -0.2) is 0 Å². The van der Waals surface area contributed by atoms with E-state index in [4.69, 9.17) is 9.47 Å². The summed E-state index contributed by atoms with van der Waals surface area (Å²) in [5, 5.41) is 32.5. The molecule has 5 rings (SSSR count). The highest BCUT2D eigenvalue weighted by molar-refractivity contribution is 5.66. The van der Waals surface area contributed by atoms with Gasteiger partial charge in [0.15, 0.2) is 0 Å². The fourth-order valence-corrected chi connectivity index (χ4v) is 11.0. The molecule has 4 fully saturated rings. The summed E-state index contributed by atoms with van der Waals surface area (Å²) in [6, 6.07) is 0. The van der Waals surface area contributed by atoms with Crippen molar-refractivity contribution < 1.29 is 34.4 Å². The molecule has 0 aromatic heterocycles. The van der Waals surface area contributed by atoms with E-state index in [0.717, 1.165) is 44.9 Å². The number of hydrogen-bond donors (Lipinski definition) is 3. The van der Waals surface area contributed by atoms with Gasteiger partial charge in [-0.05, 0) is 85.4 Å². The Morgan fingerprint density at radius 1 is 0.949 bits per heavy atom. The number of aliphatic hydroxyl groups is 3. The number of fused-ring (bicyclic) bond motifs is 7. The number of rotatable bonds is 3. The maximum atomic E-state index is 12.0. The van der Waals surface area contributed by atoms with Crippen LogP contribution in [0.1, 0.15) is 99.8 Å². The molecule has 5 aliphatic carbocycles. The lowest BCUT2D eigenvalue weighted by Gasteiger charge is -2.70. The van der Waals surface area contributed by atoms with E-state index in [0.29, 0.717) is 11.8 Å². The summed E-state index contributed by atoms with van der Waals surface area (Å²) < 4.78 is 11.5. The summed E-state index contributed by atoms with van der Waals surface area (Å²) in [6.45, 7) is 14.2. The van der Waals surface area contributed by atoms with Gasteiger partial charge in [0.05, 0.1) is 6.61 Å². The van der Waals surface area contributed by atoms with Gasteiger partial charge in [0, 0.05) is 25.2 Å². The molecule has 0 heterocycles.